The Kier molecular flexibility index (Phi) is 3.16. The molecule has 0 bridgehead atoms. The lowest BCUT2D eigenvalue weighted by atomic mass is 9.88. The second kappa shape index (κ2) is 4.57. The van der Waals surface area contributed by atoms with Crippen LogP contribution < -0.4 is 11.1 Å². The molecule has 0 atom stereocenters. The van der Waals surface area contributed by atoms with E-state index in [4.69, 9.17) is 5.73 Å². The normalized spacial score (nSPS) is 26.1. The van der Waals surface area contributed by atoms with Gasteiger partial charge in [0.2, 0.25) is 0 Å². The zero-order valence-electron chi connectivity index (χ0n) is 8.39. The number of aromatic nitrogens is 2. The van der Waals surface area contributed by atoms with Gasteiger partial charge in [-0.05, 0) is 25.8 Å². The zero-order valence-corrected chi connectivity index (χ0v) is 8.39. The fraction of sp³-hybridized carbons (Fsp3) is 0.700. The van der Waals surface area contributed by atoms with E-state index in [1.165, 1.54) is 0 Å². The molecule has 3 N–H and O–H groups in total. The molecule has 0 saturated heterocycles. The molecule has 1 heterocycles. The van der Waals surface area contributed by atoms with E-state index in [1.807, 2.05) is 18.7 Å². The van der Waals surface area contributed by atoms with Crippen molar-refractivity contribution in [1.82, 2.24) is 14.9 Å². The molecule has 2 rings (SSSR count). The first-order valence-corrected chi connectivity index (χ1v) is 5.29. The monoisotopic (exact) mass is 194 g/mol. The van der Waals surface area contributed by atoms with Gasteiger partial charge in [0.25, 0.3) is 0 Å². The first-order valence-electron chi connectivity index (χ1n) is 5.29. The first-order chi connectivity index (χ1) is 6.84. The first kappa shape index (κ1) is 9.68. The van der Waals surface area contributed by atoms with Gasteiger partial charge in [-0.15, -0.1) is 0 Å². The molecule has 1 saturated carbocycles. The number of hydrogen-bond acceptors (Lipinski definition) is 3. The van der Waals surface area contributed by atoms with Crippen LogP contribution in [-0.4, -0.2) is 28.2 Å². The van der Waals surface area contributed by atoms with Gasteiger partial charge < -0.3 is 15.6 Å². The Morgan fingerprint density at radius 3 is 3.00 bits per heavy atom. The highest BCUT2D eigenvalue weighted by Crippen LogP contribution is 2.16. The lowest BCUT2D eigenvalue weighted by molar-refractivity contribution is 0.290. The van der Waals surface area contributed by atoms with Crippen LogP contribution in [0.5, 0.6) is 0 Å². The lowest BCUT2D eigenvalue weighted by Crippen LogP contribution is -2.48. The van der Waals surface area contributed by atoms with Crippen molar-refractivity contribution in [3.8, 4) is 0 Å². The van der Waals surface area contributed by atoms with Gasteiger partial charge in [0.15, 0.2) is 0 Å². The predicted molar refractivity (Wildman–Crippen MR) is 55.8 cm³/mol. The lowest BCUT2D eigenvalue weighted by Gasteiger charge is -2.33. The largest absolute Gasteiger partial charge is 0.337 e. The maximum Gasteiger partial charge on any atom is 0.0945 e. The Morgan fingerprint density at radius 1 is 1.50 bits per heavy atom. The SMILES string of the molecule is NC1CC(NCCCn2ccnc2)C1. The van der Waals surface area contributed by atoms with Crippen LogP contribution in [0.2, 0.25) is 0 Å². The number of aryl methyl sites for hydroxylation is 1. The second-order valence-electron chi connectivity index (χ2n) is 4.04. The molecule has 14 heavy (non-hydrogen) atoms. The van der Waals surface area contributed by atoms with Crippen LogP contribution in [0.25, 0.3) is 0 Å². The molecule has 4 heteroatoms. The minimum atomic E-state index is 0.446. The molecule has 4 nitrogen and oxygen atoms in total. The van der Waals surface area contributed by atoms with E-state index in [-0.39, 0.29) is 0 Å². The van der Waals surface area contributed by atoms with Crippen LogP contribution in [0, 0.1) is 0 Å². The van der Waals surface area contributed by atoms with Crippen LogP contribution in [0.4, 0.5) is 0 Å². The van der Waals surface area contributed by atoms with Gasteiger partial charge in [-0.2, -0.15) is 0 Å². The highest BCUT2D eigenvalue weighted by atomic mass is 15.0. The number of hydrogen-bond donors (Lipinski definition) is 2. The minimum Gasteiger partial charge on any atom is -0.337 e. The Morgan fingerprint density at radius 2 is 2.36 bits per heavy atom. The highest BCUT2D eigenvalue weighted by molar-refractivity contribution is 4.87. The minimum absolute atomic E-state index is 0.446. The van der Waals surface area contributed by atoms with E-state index in [0.29, 0.717) is 12.1 Å². The third-order valence-corrected chi connectivity index (χ3v) is 2.76. The van der Waals surface area contributed by atoms with Crippen LogP contribution in [0.3, 0.4) is 0 Å². The number of nitrogens with zero attached hydrogens (tertiary/aromatic N) is 2. The fourth-order valence-electron chi connectivity index (χ4n) is 1.82. The molecule has 1 aliphatic rings. The van der Waals surface area contributed by atoms with E-state index in [2.05, 4.69) is 14.9 Å². The Balaban J connectivity index is 1.52. The van der Waals surface area contributed by atoms with Gasteiger partial charge in [-0.25, -0.2) is 4.98 Å². The molecule has 0 aliphatic heterocycles. The van der Waals surface area contributed by atoms with Gasteiger partial charge in [-0.3, -0.25) is 0 Å². The van der Waals surface area contributed by atoms with Gasteiger partial charge >= 0.3 is 0 Å². The zero-order chi connectivity index (χ0) is 9.80. The molecule has 1 aromatic heterocycles. The molecule has 78 valence electrons. The van der Waals surface area contributed by atoms with Crippen LogP contribution in [0.15, 0.2) is 18.7 Å². The number of rotatable bonds is 5. The molecule has 0 spiro atoms. The Hall–Kier alpha value is -0.870. The summed E-state index contributed by atoms with van der Waals surface area (Å²) in [5.41, 5.74) is 5.70. The summed E-state index contributed by atoms with van der Waals surface area (Å²) in [6.45, 7) is 2.13. The molecular formula is C10H18N4. The molecule has 0 amide bonds. The molecule has 0 radical (unpaired) electrons. The summed E-state index contributed by atoms with van der Waals surface area (Å²) in [6.07, 6.45) is 9.12. The average molecular weight is 194 g/mol. The second-order valence-corrected chi connectivity index (χ2v) is 4.04. The summed E-state index contributed by atoms with van der Waals surface area (Å²) >= 11 is 0. The van der Waals surface area contributed by atoms with Crippen molar-refractivity contribution in [3.63, 3.8) is 0 Å². The number of nitrogens with two attached hydrogens (primary N) is 1. The van der Waals surface area contributed by atoms with Crippen molar-refractivity contribution in [1.29, 1.82) is 0 Å². The van der Waals surface area contributed by atoms with Gasteiger partial charge in [-0.1, -0.05) is 0 Å². The smallest absolute Gasteiger partial charge is 0.0945 e. The summed E-state index contributed by atoms with van der Waals surface area (Å²) in [4.78, 5) is 4.00. The highest BCUT2D eigenvalue weighted by Gasteiger charge is 2.24. The molecule has 1 fully saturated rings. The fourth-order valence-corrected chi connectivity index (χ4v) is 1.82. The van der Waals surface area contributed by atoms with Crippen LogP contribution >= 0.6 is 0 Å². The Bertz CT molecular complexity index is 251. The summed E-state index contributed by atoms with van der Waals surface area (Å²) in [7, 11) is 0. The molecule has 1 aromatic rings. The Labute approximate surface area is 84.5 Å². The van der Waals surface area contributed by atoms with Crippen molar-refractivity contribution in [3.05, 3.63) is 18.7 Å². The van der Waals surface area contributed by atoms with E-state index in [1.54, 1.807) is 0 Å². The van der Waals surface area contributed by atoms with Crippen molar-refractivity contribution in [2.24, 2.45) is 5.73 Å². The number of nitrogens with one attached hydrogen (secondary N) is 1. The maximum absolute atomic E-state index is 5.70. The quantitative estimate of drug-likeness (QED) is 0.665. The summed E-state index contributed by atoms with van der Waals surface area (Å²) in [5, 5.41) is 3.50. The third-order valence-electron chi connectivity index (χ3n) is 2.76. The van der Waals surface area contributed by atoms with E-state index >= 15 is 0 Å². The van der Waals surface area contributed by atoms with Gasteiger partial charge in [0.05, 0.1) is 6.33 Å². The average Bonchev–Trinajstić information content (AvgIpc) is 2.61. The topological polar surface area (TPSA) is 55.9 Å². The summed E-state index contributed by atoms with van der Waals surface area (Å²) in [6, 6.07) is 1.12. The van der Waals surface area contributed by atoms with Crippen molar-refractivity contribution >= 4 is 0 Å². The molecule has 0 unspecified atom stereocenters. The van der Waals surface area contributed by atoms with Crippen LogP contribution in [-0.2, 0) is 6.54 Å². The molecule has 0 aromatic carbocycles. The van der Waals surface area contributed by atoms with Crippen molar-refractivity contribution < 1.29 is 0 Å². The number of imidazole rings is 1. The van der Waals surface area contributed by atoms with Crippen molar-refractivity contribution in [2.45, 2.75) is 37.9 Å². The van der Waals surface area contributed by atoms with Crippen LogP contribution in [0.1, 0.15) is 19.3 Å². The summed E-state index contributed by atoms with van der Waals surface area (Å²) < 4.78 is 2.11. The standard InChI is InChI=1S/C10H18N4/c11-9-6-10(7-9)13-2-1-4-14-5-3-12-8-14/h3,5,8-10,13H,1-2,4,6-7,11H2. The maximum atomic E-state index is 5.70. The third kappa shape index (κ3) is 2.56. The summed E-state index contributed by atoms with van der Waals surface area (Å²) in [5.74, 6) is 0. The van der Waals surface area contributed by atoms with E-state index in [0.717, 1.165) is 32.4 Å². The van der Waals surface area contributed by atoms with Crippen molar-refractivity contribution in [2.75, 3.05) is 6.54 Å². The van der Waals surface area contributed by atoms with E-state index in [9.17, 15) is 0 Å². The molecule has 1 aliphatic carbocycles. The molecular weight excluding hydrogens is 176 g/mol. The van der Waals surface area contributed by atoms with Gasteiger partial charge in [0.1, 0.15) is 0 Å². The van der Waals surface area contributed by atoms with Gasteiger partial charge in [0, 0.05) is 31.0 Å². The van der Waals surface area contributed by atoms with E-state index < -0.39 is 0 Å². The predicted octanol–water partition coefficient (Wildman–Crippen LogP) is 0.352.